The quantitative estimate of drug-likeness (QED) is 0.415. The molecule has 0 saturated heterocycles. The topological polar surface area (TPSA) is 59.8 Å². The zero-order valence-corrected chi connectivity index (χ0v) is 16.8. The molecule has 0 spiro atoms. The summed E-state index contributed by atoms with van der Waals surface area (Å²) in [5.41, 5.74) is 3.66. The van der Waals surface area contributed by atoms with Gasteiger partial charge < -0.3 is 9.15 Å². The maximum Gasteiger partial charge on any atom is 0.294 e. The van der Waals surface area contributed by atoms with Gasteiger partial charge in [0.15, 0.2) is 11.5 Å². The summed E-state index contributed by atoms with van der Waals surface area (Å²) in [4.78, 5) is 29.0. The molecule has 1 aliphatic rings. The van der Waals surface area contributed by atoms with Crippen LogP contribution in [0.2, 0.25) is 0 Å². The fraction of sp³-hybridized carbons (Fsp3) is 0.0769. The minimum atomic E-state index is -0.861. The lowest BCUT2D eigenvalue weighted by Gasteiger charge is -2.37. The number of methoxy groups -OCH3 is 1. The number of para-hydroxylation sites is 2. The number of ketones is 1. The molecule has 5 heteroatoms. The molecule has 0 fully saturated rings. The number of ether oxygens (including phenoxy) is 1. The van der Waals surface area contributed by atoms with Crippen molar-refractivity contribution in [1.82, 2.24) is 0 Å². The van der Waals surface area contributed by atoms with Crippen LogP contribution in [-0.2, 0) is 0 Å². The molecule has 5 rings (SSSR count). The van der Waals surface area contributed by atoms with Gasteiger partial charge >= 0.3 is 0 Å². The van der Waals surface area contributed by atoms with Crippen molar-refractivity contribution in [2.24, 2.45) is 0 Å². The molecule has 0 bridgehead atoms. The summed E-state index contributed by atoms with van der Waals surface area (Å²) >= 11 is 0. The van der Waals surface area contributed by atoms with E-state index in [9.17, 15) is 9.59 Å². The average Bonchev–Trinajstić information content (AvgIpc) is 3.37. The number of furan rings is 1. The summed E-state index contributed by atoms with van der Waals surface area (Å²) < 4.78 is 10.8. The van der Waals surface area contributed by atoms with Crippen LogP contribution < -0.4 is 9.64 Å². The van der Waals surface area contributed by atoms with Crippen LogP contribution in [0.25, 0.3) is 11.1 Å². The molecule has 0 N–H and O–H groups in total. The lowest BCUT2D eigenvalue weighted by Crippen LogP contribution is -2.41. The fourth-order valence-corrected chi connectivity index (χ4v) is 4.17. The van der Waals surface area contributed by atoms with Gasteiger partial charge in [-0.1, -0.05) is 54.6 Å². The highest BCUT2D eigenvalue weighted by Gasteiger charge is 2.41. The van der Waals surface area contributed by atoms with E-state index in [1.54, 1.807) is 30.3 Å². The number of hydrogen-bond donors (Lipinski definition) is 0. The SMILES string of the molecule is COc1ccccc1C(=O)C1c2ccccc2-c2ccccc2N1C(=O)c1ccco1. The first-order valence-electron chi connectivity index (χ1n) is 9.93. The molecule has 0 radical (unpaired) electrons. The Morgan fingerprint density at radius 2 is 1.55 bits per heavy atom. The van der Waals surface area contributed by atoms with Crippen LogP contribution in [0.3, 0.4) is 0 Å². The minimum absolute atomic E-state index is 0.173. The highest BCUT2D eigenvalue weighted by molar-refractivity contribution is 6.16. The van der Waals surface area contributed by atoms with Crippen LogP contribution in [0.15, 0.2) is 95.6 Å². The van der Waals surface area contributed by atoms with Crippen LogP contribution in [-0.4, -0.2) is 18.8 Å². The third-order valence-electron chi connectivity index (χ3n) is 5.54. The molecule has 1 aliphatic heterocycles. The molecule has 0 aliphatic carbocycles. The number of carbonyl (C=O) groups is 2. The summed E-state index contributed by atoms with van der Waals surface area (Å²) in [6.07, 6.45) is 1.45. The Morgan fingerprint density at radius 1 is 0.839 bits per heavy atom. The molecule has 1 aromatic heterocycles. The number of rotatable bonds is 4. The Labute approximate surface area is 179 Å². The highest BCUT2D eigenvalue weighted by Crippen LogP contribution is 2.46. The van der Waals surface area contributed by atoms with Crippen molar-refractivity contribution in [3.63, 3.8) is 0 Å². The van der Waals surface area contributed by atoms with Crippen molar-refractivity contribution < 1.29 is 18.7 Å². The van der Waals surface area contributed by atoms with Gasteiger partial charge in [0, 0.05) is 5.56 Å². The molecule has 31 heavy (non-hydrogen) atoms. The minimum Gasteiger partial charge on any atom is -0.496 e. The first-order valence-corrected chi connectivity index (χ1v) is 9.93. The lowest BCUT2D eigenvalue weighted by molar-refractivity contribution is 0.0880. The number of benzene rings is 3. The summed E-state index contributed by atoms with van der Waals surface area (Å²) in [6, 6.07) is 24.8. The third-order valence-corrected chi connectivity index (χ3v) is 5.54. The predicted molar refractivity (Wildman–Crippen MR) is 117 cm³/mol. The van der Waals surface area contributed by atoms with Gasteiger partial charge in [0.1, 0.15) is 11.8 Å². The molecule has 0 saturated carbocycles. The van der Waals surface area contributed by atoms with Gasteiger partial charge in [-0.25, -0.2) is 0 Å². The predicted octanol–water partition coefficient (Wildman–Crippen LogP) is 5.54. The van der Waals surface area contributed by atoms with Crippen molar-refractivity contribution in [1.29, 1.82) is 0 Å². The zero-order chi connectivity index (χ0) is 21.4. The van der Waals surface area contributed by atoms with Crippen LogP contribution in [0.1, 0.15) is 32.5 Å². The van der Waals surface area contributed by atoms with E-state index in [4.69, 9.17) is 9.15 Å². The average molecular weight is 409 g/mol. The van der Waals surface area contributed by atoms with Gasteiger partial charge in [0.2, 0.25) is 0 Å². The lowest BCUT2D eigenvalue weighted by atomic mass is 9.84. The number of nitrogens with zero attached hydrogens (tertiary/aromatic N) is 1. The van der Waals surface area contributed by atoms with E-state index in [1.807, 2.05) is 54.6 Å². The largest absolute Gasteiger partial charge is 0.496 e. The number of amides is 1. The maximum atomic E-state index is 13.9. The van der Waals surface area contributed by atoms with E-state index >= 15 is 0 Å². The number of Topliss-reactive ketones (excluding diaryl/α,β-unsaturated/α-hetero) is 1. The van der Waals surface area contributed by atoms with E-state index in [1.165, 1.54) is 18.3 Å². The summed E-state index contributed by atoms with van der Waals surface area (Å²) in [5.74, 6) is 0.0424. The van der Waals surface area contributed by atoms with Crippen molar-refractivity contribution in [3.8, 4) is 16.9 Å². The van der Waals surface area contributed by atoms with Crippen molar-refractivity contribution in [2.45, 2.75) is 6.04 Å². The van der Waals surface area contributed by atoms with Gasteiger partial charge in [-0.2, -0.15) is 0 Å². The summed E-state index contributed by atoms with van der Waals surface area (Å²) in [6.45, 7) is 0. The van der Waals surface area contributed by atoms with Gasteiger partial charge in [0.05, 0.1) is 24.6 Å². The molecule has 1 amide bonds. The Morgan fingerprint density at radius 3 is 2.32 bits per heavy atom. The summed E-state index contributed by atoms with van der Waals surface area (Å²) in [5, 5.41) is 0. The molecule has 2 heterocycles. The molecule has 1 unspecified atom stereocenters. The second kappa shape index (κ2) is 7.61. The monoisotopic (exact) mass is 409 g/mol. The Hall–Kier alpha value is -4.12. The molecule has 4 aromatic rings. The molecular weight excluding hydrogens is 390 g/mol. The second-order valence-corrected chi connectivity index (χ2v) is 7.22. The van der Waals surface area contributed by atoms with Gasteiger partial charge in [-0.05, 0) is 41.5 Å². The van der Waals surface area contributed by atoms with Crippen molar-refractivity contribution >= 4 is 17.4 Å². The fourth-order valence-electron chi connectivity index (χ4n) is 4.17. The molecule has 1 atom stereocenters. The van der Waals surface area contributed by atoms with Crippen molar-refractivity contribution in [3.05, 3.63) is 108 Å². The van der Waals surface area contributed by atoms with Crippen molar-refractivity contribution in [2.75, 3.05) is 12.0 Å². The molecule has 3 aromatic carbocycles. The Bertz CT molecular complexity index is 1280. The zero-order valence-electron chi connectivity index (χ0n) is 16.8. The number of fused-ring (bicyclic) bond motifs is 3. The smallest absolute Gasteiger partial charge is 0.294 e. The van der Waals surface area contributed by atoms with E-state index in [0.29, 0.717) is 17.0 Å². The Kier molecular flexibility index (Phi) is 4.64. The third kappa shape index (κ3) is 3.02. The van der Waals surface area contributed by atoms with E-state index in [-0.39, 0.29) is 17.5 Å². The standard InChI is InChI=1S/C26H19NO4/c1-30-22-14-7-5-12-20(22)25(28)24-19-11-3-2-9-17(19)18-10-4-6-13-21(18)27(24)26(29)23-15-8-16-31-23/h2-16,24H,1H3. The van der Waals surface area contributed by atoms with E-state index in [0.717, 1.165) is 16.7 Å². The van der Waals surface area contributed by atoms with E-state index in [2.05, 4.69) is 0 Å². The van der Waals surface area contributed by atoms with Crippen LogP contribution in [0.5, 0.6) is 5.75 Å². The number of carbonyl (C=O) groups excluding carboxylic acids is 2. The highest BCUT2D eigenvalue weighted by atomic mass is 16.5. The van der Waals surface area contributed by atoms with Gasteiger partial charge in [-0.3, -0.25) is 14.5 Å². The van der Waals surface area contributed by atoms with Crippen LogP contribution in [0.4, 0.5) is 5.69 Å². The number of hydrogen-bond acceptors (Lipinski definition) is 4. The summed E-state index contributed by atoms with van der Waals surface area (Å²) in [7, 11) is 1.53. The van der Waals surface area contributed by atoms with Gasteiger partial charge in [-0.15, -0.1) is 0 Å². The van der Waals surface area contributed by atoms with Gasteiger partial charge in [0.25, 0.3) is 5.91 Å². The molecule has 5 nitrogen and oxygen atoms in total. The maximum absolute atomic E-state index is 13.9. The van der Waals surface area contributed by atoms with Crippen LogP contribution in [0, 0.1) is 0 Å². The van der Waals surface area contributed by atoms with E-state index < -0.39 is 6.04 Å². The first kappa shape index (κ1) is 18.9. The first-order chi connectivity index (χ1) is 15.2. The number of anilines is 1. The Balaban J connectivity index is 1.76. The van der Waals surface area contributed by atoms with Crippen LogP contribution >= 0.6 is 0 Å². The molecular formula is C26H19NO4. The second-order valence-electron chi connectivity index (χ2n) is 7.22. The normalized spacial score (nSPS) is 14.5. The molecule has 152 valence electrons.